The van der Waals surface area contributed by atoms with E-state index in [2.05, 4.69) is 20.1 Å². The second-order valence-corrected chi connectivity index (χ2v) is 2.45. The Morgan fingerprint density at radius 1 is 1.14 bits per heavy atom. The molecule has 0 saturated carbocycles. The summed E-state index contributed by atoms with van der Waals surface area (Å²) in [6, 6.07) is 0. The quantitative estimate of drug-likeness (QED) is 0.638. The summed E-state index contributed by atoms with van der Waals surface area (Å²) in [6.07, 6.45) is -0.181. The minimum atomic E-state index is -0.539. The molecule has 14 heavy (non-hydrogen) atoms. The highest BCUT2D eigenvalue weighted by Gasteiger charge is 2.01. The first kappa shape index (κ1) is 12.5. The van der Waals surface area contributed by atoms with Gasteiger partial charge in [-0.2, -0.15) is 0 Å². The monoisotopic (exact) mass is 204 g/mol. The normalized spacial score (nSPS) is 9.00. The summed E-state index contributed by atoms with van der Waals surface area (Å²) in [4.78, 5) is 21.4. The smallest absolute Gasteiger partial charge is 0.407 e. The zero-order valence-electron chi connectivity index (χ0n) is 8.46. The maximum atomic E-state index is 10.8. The molecule has 0 atom stereocenters. The second-order valence-electron chi connectivity index (χ2n) is 2.45. The second kappa shape index (κ2) is 8.15. The van der Waals surface area contributed by atoms with Gasteiger partial charge in [0.1, 0.15) is 13.2 Å². The van der Waals surface area contributed by atoms with Gasteiger partial charge in [0, 0.05) is 13.6 Å². The van der Waals surface area contributed by atoms with E-state index in [1.165, 1.54) is 7.05 Å². The van der Waals surface area contributed by atoms with E-state index in [0.717, 1.165) is 6.42 Å². The summed E-state index contributed by atoms with van der Waals surface area (Å²) < 4.78 is 9.27. The van der Waals surface area contributed by atoms with Gasteiger partial charge in [-0.05, 0) is 6.42 Å². The van der Waals surface area contributed by atoms with Crippen molar-refractivity contribution in [2.45, 2.75) is 13.3 Å². The van der Waals surface area contributed by atoms with Crippen molar-refractivity contribution in [2.24, 2.45) is 0 Å². The fraction of sp³-hybridized carbons (Fsp3) is 0.750. The van der Waals surface area contributed by atoms with Crippen LogP contribution < -0.4 is 10.6 Å². The van der Waals surface area contributed by atoms with E-state index in [0.29, 0.717) is 6.54 Å². The highest BCUT2D eigenvalue weighted by atomic mass is 16.6. The minimum Gasteiger partial charge on any atom is -0.446 e. The van der Waals surface area contributed by atoms with Gasteiger partial charge in [-0.25, -0.2) is 9.59 Å². The van der Waals surface area contributed by atoms with Gasteiger partial charge in [-0.3, -0.25) is 0 Å². The van der Waals surface area contributed by atoms with E-state index >= 15 is 0 Å². The molecule has 2 N–H and O–H groups in total. The first-order valence-electron chi connectivity index (χ1n) is 4.45. The van der Waals surface area contributed by atoms with E-state index in [1.54, 1.807) is 0 Å². The third-order valence-corrected chi connectivity index (χ3v) is 1.27. The Morgan fingerprint density at radius 3 is 2.21 bits per heavy atom. The fourth-order valence-corrected chi connectivity index (χ4v) is 0.619. The number of rotatable bonds is 5. The standard InChI is InChI=1S/C8H16N2O4/c1-3-4-10-8(12)14-6-5-13-7(11)9-2/h3-6H2,1-2H3,(H,9,11)(H,10,12). The average molecular weight is 204 g/mol. The van der Waals surface area contributed by atoms with Crippen LogP contribution in [0.5, 0.6) is 0 Å². The number of ether oxygens (including phenoxy) is 2. The van der Waals surface area contributed by atoms with Crippen molar-refractivity contribution in [3.63, 3.8) is 0 Å². The van der Waals surface area contributed by atoms with E-state index in [4.69, 9.17) is 0 Å². The van der Waals surface area contributed by atoms with Crippen LogP contribution in [-0.2, 0) is 9.47 Å². The molecule has 0 radical (unpaired) electrons. The highest BCUT2D eigenvalue weighted by Crippen LogP contribution is 1.81. The molecule has 0 heterocycles. The topological polar surface area (TPSA) is 76.7 Å². The van der Waals surface area contributed by atoms with Crippen molar-refractivity contribution in [2.75, 3.05) is 26.8 Å². The predicted octanol–water partition coefficient (Wildman–Crippen LogP) is 0.479. The minimum absolute atomic E-state index is 0.0548. The lowest BCUT2D eigenvalue weighted by Gasteiger charge is -2.06. The average Bonchev–Trinajstić information content (AvgIpc) is 2.21. The maximum absolute atomic E-state index is 10.8. The number of hydrogen-bond donors (Lipinski definition) is 2. The summed E-state index contributed by atoms with van der Waals surface area (Å²) in [6.45, 7) is 2.63. The van der Waals surface area contributed by atoms with Crippen LogP contribution in [-0.4, -0.2) is 39.0 Å². The molecule has 0 aromatic rings. The SMILES string of the molecule is CCCNC(=O)OCCOC(=O)NC. The third-order valence-electron chi connectivity index (χ3n) is 1.27. The molecular weight excluding hydrogens is 188 g/mol. The van der Waals surface area contributed by atoms with Crippen molar-refractivity contribution in [1.29, 1.82) is 0 Å². The summed E-state index contributed by atoms with van der Waals surface area (Å²) in [7, 11) is 1.46. The highest BCUT2D eigenvalue weighted by molar-refractivity contribution is 5.67. The van der Waals surface area contributed by atoms with Gasteiger partial charge in [0.25, 0.3) is 0 Å². The van der Waals surface area contributed by atoms with Crippen LogP contribution in [0.1, 0.15) is 13.3 Å². The van der Waals surface area contributed by atoms with Crippen LogP contribution in [0.3, 0.4) is 0 Å². The largest absolute Gasteiger partial charge is 0.446 e. The van der Waals surface area contributed by atoms with E-state index in [9.17, 15) is 9.59 Å². The van der Waals surface area contributed by atoms with E-state index in [-0.39, 0.29) is 13.2 Å². The number of nitrogens with one attached hydrogen (secondary N) is 2. The lowest BCUT2D eigenvalue weighted by Crippen LogP contribution is -2.27. The molecule has 0 fully saturated rings. The number of carbonyl (C=O) groups is 2. The number of amides is 2. The molecule has 0 aliphatic carbocycles. The molecule has 0 rings (SSSR count). The Bertz CT molecular complexity index is 184. The van der Waals surface area contributed by atoms with Crippen molar-refractivity contribution >= 4 is 12.2 Å². The van der Waals surface area contributed by atoms with Crippen molar-refractivity contribution < 1.29 is 19.1 Å². The van der Waals surface area contributed by atoms with Crippen molar-refractivity contribution in [3.05, 3.63) is 0 Å². The molecule has 0 aliphatic heterocycles. The molecule has 6 heteroatoms. The molecule has 0 bridgehead atoms. The molecule has 0 aromatic heterocycles. The number of carbonyl (C=O) groups excluding carboxylic acids is 2. The first-order chi connectivity index (χ1) is 6.70. The van der Waals surface area contributed by atoms with Gasteiger partial charge in [0.15, 0.2) is 0 Å². The van der Waals surface area contributed by atoms with Crippen molar-refractivity contribution in [1.82, 2.24) is 10.6 Å². The molecule has 0 unspecified atom stereocenters. The Hall–Kier alpha value is -1.46. The van der Waals surface area contributed by atoms with Gasteiger partial charge in [0.05, 0.1) is 0 Å². The van der Waals surface area contributed by atoms with E-state index in [1.807, 2.05) is 6.92 Å². The fourth-order valence-electron chi connectivity index (χ4n) is 0.619. The van der Waals surface area contributed by atoms with Gasteiger partial charge >= 0.3 is 12.2 Å². The zero-order chi connectivity index (χ0) is 10.8. The number of alkyl carbamates (subject to hydrolysis) is 2. The summed E-state index contributed by atoms with van der Waals surface area (Å²) in [5.41, 5.74) is 0. The van der Waals surface area contributed by atoms with Gasteiger partial charge in [-0.1, -0.05) is 6.92 Å². The van der Waals surface area contributed by atoms with E-state index < -0.39 is 12.2 Å². The van der Waals surface area contributed by atoms with Crippen molar-refractivity contribution in [3.8, 4) is 0 Å². The van der Waals surface area contributed by atoms with Crippen LogP contribution in [0.15, 0.2) is 0 Å². The summed E-state index contributed by atoms with van der Waals surface area (Å²) in [5.74, 6) is 0. The maximum Gasteiger partial charge on any atom is 0.407 e. The van der Waals surface area contributed by atoms with Gasteiger partial charge < -0.3 is 20.1 Å². The molecule has 0 saturated heterocycles. The lowest BCUT2D eigenvalue weighted by atomic mass is 10.5. The third kappa shape index (κ3) is 7.20. The molecule has 2 amide bonds. The Kier molecular flexibility index (Phi) is 7.30. The van der Waals surface area contributed by atoms with Crippen LogP contribution in [0.25, 0.3) is 0 Å². The molecule has 0 aromatic carbocycles. The van der Waals surface area contributed by atoms with Crippen LogP contribution in [0.2, 0.25) is 0 Å². The summed E-state index contributed by atoms with van der Waals surface area (Å²) >= 11 is 0. The lowest BCUT2D eigenvalue weighted by molar-refractivity contribution is 0.0967. The molecule has 0 aliphatic rings. The van der Waals surface area contributed by atoms with Crippen LogP contribution >= 0.6 is 0 Å². The van der Waals surface area contributed by atoms with Gasteiger partial charge in [0.2, 0.25) is 0 Å². The molecular formula is C8H16N2O4. The molecule has 6 nitrogen and oxygen atoms in total. The molecule has 82 valence electrons. The Morgan fingerprint density at radius 2 is 1.71 bits per heavy atom. The first-order valence-corrected chi connectivity index (χ1v) is 4.45. The van der Waals surface area contributed by atoms with Crippen LogP contribution in [0.4, 0.5) is 9.59 Å². The molecule has 0 spiro atoms. The Balaban J connectivity index is 3.27. The van der Waals surface area contributed by atoms with Crippen LogP contribution in [0, 0.1) is 0 Å². The zero-order valence-corrected chi connectivity index (χ0v) is 8.46. The Labute approximate surface area is 82.9 Å². The number of hydrogen-bond acceptors (Lipinski definition) is 4. The summed E-state index contributed by atoms with van der Waals surface area (Å²) in [5, 5.41) is 4.79. The van der Waals surface area contributed by atoms with Gasteiger partial charge in [-0.15, -0.1) is 0 Å². The predicted molar refractivity (Wildman–Crippen MR) is 50.0 cm³/mol.